The van der Waals surface area contributed by atoms with E-state index >= 15 is 0 Å². The highest BCUT2D eigenvalue weighted by Crippen LogP contribution is 2.29. The molecular formula is C10H10Cl2O4. The average Bonchev–Trinajstić information content (AvgIpc) is 2.26. The summed E-state index contributed by atoms with van der Waals surface area (Å²) < 4.78 is 0. The molecule has 16 heavy (non-hydrogen) atoms. The summed E-state index contributed by atoms with van der Waals surface area (Å²) in [6, 6.07) is 4.19. The first kappa shape index (κ1) is 13.3. The van der Waals surface area contributed by atoms with Gasteiger partial charge in [0, 0.05) is 10.6 Å². The zero-order chi connectivity index (χ0) is 12.3. The van der Waals surface area contributed by atoms with Gasteiger partial charge in [0.05, 0.1) is 17.5 Å². The first-order valence-electron chi connectivity index (χ1n) is 4.42. The van der Waals surface area contributed by atoms with E-state index in [1.54, 1.807) is 0 Å². The quantitative estimate of drug-likeness (QED) is 0.723. The second kappa shape index (κ2) is 5.50. The smallest absolute Gasteiger partial charge is 0.336 e. The number of carboxylic acids is 1. The molecule has 2 unspecified atom stereocenters. The SMILES string of the molecule is O=C(O)c1cccc(Cl)c1C(O)C(O)CCl. The van der Waals surface area contributed by atoms with Gasteiger partial charge in [-0.1, -0.05) is 17.7 Å². The topological polar surface area (TPSA) is 77.8 Å². The number of halogens is 2. The summed E-state index contributed by atoms with van der Waals surface area (Å²) in [5.74, 6) is -1.44. The third kappa shape index (κ3) is 2.65. The van der Waals surface area contributed by atoms with Gasteiger partial charge in [-0.2, -0.15) is 0 Å². The predicted octanol–water partition coefficient (Wildman–Crippen LogP) is 1.67. The number of aromatic carboxylic acids is 1. The van der Waals surface area contributed by atoms with E-state index in [2.05, 4.69) is 0 Å². The molecule has 0 amide bonds. The molecule has 0 fully saturated rings. The Labute approximate surface area is 102 Å². The van der Waals surface area contributed by atoms with Gasteiger partial charge in [-0.15, -0.1) is 11.6 Å². The summed E-state index contributed by atoms with van der Waals surface area (Å²) in [7, 11) is 0. The minimum absolute atomic E-state index is 0.0233. The number of carbonyl (C=O) groups is 1. The third-order valence-corrected chi connectivity index (χ3v) is 2.75. The molecule has 0 aromatic heterocycles. The molecule has 3 N–H and O–H groups in total. The van der Waals surface area contributed by atoms with E-state index in [9.17, 15) is 15.0 Å². The molecule has 88 valence electrons. The molecule has 0 saturated heterocycles. The van der Waals surface area contributed by atoms with Crippen LogP contribution >= 0.6 is 23.2 Å². The number of aliphatic hydroxyl groups is 2. The molecule has 1 aromatic rings. The van der Waals surface area contributed by atoms with E-state index in [1.807, 2.05) is 0 Å². The summed E-state index contributed by atoms with van der Waals surface area (Å²) in [6.07, 6.45) is -2.68. The Hall–Kier alpha value is -0.810. The molecule has 0 aliphatic heterocycles. The van der Waals surface area contributed by atoms with Crippen LogP contribution in [-0.4, -0.2) is 33.3 Å². The van der Waals surface area contributed by atoms with Crippen LogP contribution in [0.1, 0.15) is 22.0 Å². The van der Waals surface area contributed by atoms with Crippen LogP contribution in [0.2, 0.25) is 5.02 Å². The van der Waals surface area contributed by atoms with Crippen LogP contribution in [0.15, 0.2) is 18.2 Å². The van der Waals surface area contributed by atoms with E-state index in [-0.39, 0.29) is 22.0 Å². The van der Waals surface area contributed by atoms with Gasteiger partial charge >= 0.3 is 5.97 Å². The Morgan fingerprint density at radius 1 is 1.38 bits per heavy atom. The van der Waals surface area contributed by atoms with Gasteiger partial charge in [0.25, 0.3) is 0 Å². The zero-order valence-electron chi connectivity index (χ0n) is 8.10. The molecule has 4 nitrogen and oxygen atoms in total. The fraction of sp³-hybridized carbons (Fsp3) is 0.300. The number of aliphatic hydroxyl groups excluding tert-OH is 2. The standard InChI is InChI=1S/C10H10Cl2O4/c11-4-7(13)9(14)8-5(10(15)16)2-1-3-6(8)12/h1-3,7,9,13-14H,4H2,(H,15,16). The van der Waals surface area contributed by atoms with Crippen LogP contribution in [0.5, 0.6) is 0 Å². The normalized spacial score (nSPS) is 14.5. The van der Waals surface area contributed by atoms with Crippen molar-refractivity contribution in [3.05, 3.63) is 34.3 Å². The molecule has 0 saturated carbocycles. The van der Waals surface area contributed by atoms with Crippen molar-refractivity contribution >= 4 is 29.2 Å². The van der Waals surface area contributed by atoms with E-state index in [4.69, 9.17) is 28.3 Å². The monoisotopic (exact) mass is 264 g/mol. The van der Waals surface area contributed by atoms with Gasteiger partial charge < -0.3 is 15.3 Å². The second-order valence-electron chi connectivity index (χ2n) is 3.17. The Morgan fingerprint density at radius 3 is 2.50 bits per heavy atom. The molecule has 6 heteroatoms. The van der Waals surface area contributed by atoms with E-state index in [0.29, 0.717) is 0 Å². The number of alkyl halides is 1. The first-order valence-corrected chi connectivity index (χ1v) is 5.34. The first-order chi connectivity index (χ1) is 7.49. The van der Waals surface area contributed by atoms with E-state index < -0.39 is 18.2 Å². The molecule has 0 radical (unpaired) electrons. The predicted molar refractivity (Wildman–Crippen MR) is 60.1 cm³/mol. The van der Waals surface area contributed by atoms with Crippen molar-refractivity contribution in [1.29, 1.82) is 0 Å². The minimum Gasteiger partial charge on any atom is -0.478 e. The van der Waals surface area contributed by atoms with Crippen molar-refractivity contribution in [2.75, 3.05) is 5.88 Å². The van der Waals surface area contributed by atoms with Gasteiger partial charge in [0.2, 0.25) is 0 Å². The molecule has 0 aliphatic rings. The van der Waals surface area contributed by atoms with Crippen LogP contribution in [-0.2, 0) is 0 Å². The lowest BCUT2D eigenvalue weighted by Crippen LogP contribution is -2.22. The lowest BCUT2D eigenvalue weighted by Gasteiger charge is -2.18. The number of rotatable bonds is 4. The van der Waals surface area contributed by atoms with Crippen molar-refractivity contribution in [2.45, 2.75) is 12.2 Å². The van der Waals surface area contributed by atoms with Gasteiger partial charge in [-0.25, -0.2) is 4.79 Å². The van der Waals surface area contributed by atoms with Crippen LogP contribution in [0.4, 0.5) is 0 Å². The van der Waals surface area contributed by atoms with Gasteiger partial charge in [-0.3, -0.25) is 0 Å². The van der Waals surface area contributed by atoms with Crippen molar-refractivity contribution in [2.24, 2.45) is 0 Å². The molecule has 2 atom stereocenters. The Bertz CT molecular complexity index is 394. The summed E-state index contributed by atoms with van der Waals surface area (Å²) in [6.45, 7) is 0. The van der Waals surface area contributed by atoms with Crippen molar-refractivity contribution in [3.8, 4) is 0 Å². The fourth-order valence-electron chi connectivity index (χ4n) is 1.30. The highest BCUT2D eigenvalue weighted by Gasteiger charge is 2.25. The van der Waals surface area contributed by atoms with Crippen molar-refractivity contribution < 1.29 is 20.1 Å². The van der Waals surface area contributed by atoms with Crippen LogP contribution in [0, 0.1) is 0 Å². The summed E-state index contributed by atoms with van der Waals surface area (Å²) in [5, 5.41) is 28.1. The van der Waals surface area contributed by atoms with E-state index in [1.165, 1.54) is 18.2 Å². The van der Waals surface area contributed by atoms with Gasteiger partial charge in [0.15, 0.2) is 0 Å². The molecule has 0 bridgehead atoms. The Balaban J connectivity index is 3.24. The Morgan fingerprint density at radius 2 is 2.00 bits per heavy atom. The van der Waals surface area contributed by atoms with Gasteiger partial charge in [-0.05, 0) is 12.1 Å². The number of hydrogen-bond acceptors (Lipinski definition) is 3. The maximum absolute atomic E-state index is 10.9. The van der Waals surface area contributed by atoms with Crippen LogP contribution in [0.25, 0.3) is 0 Å². The van der Waals surface area contributed by atoms with Crippen molar-refractivity contribution in [1.82, 2.24) is 0 Å². The Kier molecular flexibility index (Phi) is 4.56. The summed E-state index contributed by atoms with van der Waals surface area (Å²) in [4.78, 5) is 10.9. The van der Waals surface area contributed by atoms with Crippen molar-refractivity contribution in [3.63, 3.8) is 0 Å². The molecule has 0 aliphatic carbocycles. The van der Waals surface area contributed by atoms with Gasteiger partial charge in [0.1, 0.15) is 6.10 Å². The maximum atomic E-state index is 10.9. The largest absolute Gasteiger partial charge is 0.478 e. The highest BCUT2D eigenvalue weighted by atomic mass is 35.5. The second-order valence-corrected chi connectivity index (χ2v) is 3.89. The summed E-state index contributed by atoms with van der Waals surface area (Å²) in [5.41, 5.74) is -0.172. The molecular weight excluding hydrogens is 255 g/mol. The van der Waals surface area contributed by atoms with Crippen LogP contribution in [0.3, 0.4) is 0 Å². The maximum Gasteiger partial charge on any atom is 0.336 e. The zero-order valence-corrected chi connectivity index (χ0v) is 9.61. The molecule has 0 spiro atoms. The highest BCUT2D eigenvalue weighted by molar-refractivity contribution is 6.31. The molecule has 0 heterocycles. The van der Waals surface area contributed by atoms with E-state index in [0.717, 1.165) is 0 Å². The van der Waals surface area contributed by atoms with Crippen LogP contribution < -0.4 is 0 Å². The molecule has 1 rings (SSSR count). The number of benzene rings is 1. The molecule has 1 aromatic carbocycles. The average molecular weight is 265 g/mol. The fourth-order valence-corrected chi connectivity index (χ4v) is 1.76. The lowest BCUT2D eigenvalue weighted by molar-refractivity contribution is 0.0313. The number of hydrogen-bond donors (Lipinski definition) is 3. The minimum atomic E-state index is -1.42. The lowest BCUT2D eigenvalue weighted by atomic mass is 9.99. The summed E-state index contributed by atoms with van der Waals surface area (Å²) >= 11 is 11.2. The number of carboxylic acid groups (broad SMARTS) is 1. The third-order valence-electron chi connectivity index (χ3n) is 2.10.